The van der Waals surface area contributed by atoms with Crippen molar-refractivity contribution in [1.29, 1.82) is 0 Å². The Hall–Kier alpha value is -2.22. The highest BCUT2D eigenvalue weighted by atomic mass is 32.2. The van der Waals surface area contributed by atoms with Crippen LogP contribution in [0.25, 0.3) is 0 Å². The van der Waals surface area contributed by atoms with Crippen molar-refractivity contribution in [2.45, 2.75) is 44.5 Å². The Morgan fingerprint density at radius 1 is 1.16 bits per heavy atom. The van der Waals surface area contributed by atoms with Crippen molar-refractivity contribution < 1.29 is 17.6 Å². The summed E-state index contributed by atoms with van der Waals surface area (Å²) in [5.74, 6) is -1.04. The Bertz CT molecular complexity index is 892. The van der Waals surface area contributed by atoms with Gasteiger partial charge in [0.05, 0.1) is 11.1 Å². The quantitative estimate of drug-likeness (QED) is 0.832. The van der Waals surface area contributed by atoms with Gasteiger partial charge in [-0.2, -0.15) is 4.68 Å². The normalized spacial score (nSPS) is 11.6. The summed E-state index contributed by atoms with van der Waals surface area (Å²) in [5, 5.41) is 3.01. The third kappa shape index (κ3) is 3.44. The van der Waals surface area contributed by atoms with E-state index in [1.807, 2.05) is 6.92 Å². The van der Waals surface area contributed by atoms with Crippen LogP contribution in [0, 0.1) is 26.6 Å². The molecule has 2 rings (SSSR count). The fourth-order valence-corrected chi connectivity index (χ4v) is 4.61. The zero-order valence-electron chi connectivity index (χ0n) is 15.0. The second-order valence-electron chi connectivity index (χ2n) is 5.91. The molecule has 2 aromatic rings. The first-order chi connectivity index (χ1) is 11.6. The van der Waals surface area contributed by atoms with Gasteiger partial charge in [0, 0.05) is 13.1 Å². The molecule has 0 saturated carbocycles. The van der Waals surface area contributed by atoms with Crippen LogP contribution in [0.1, 0.15) is 30.5 Å². The molecule has 0 bridgehead atoms. The highest BCUT2D eigenvalue weighted by Gasteiger charge is 2.30. The molecule has 0 fully saturated rings. The van der Waals surface area contributed by atoms with Crippen molar-refractivity contribution in [2.75, 3.05) is 13.1 Å². The van der Waals surface area contributed by atoms with E-state index in [1.54, 1.807) is 39.8 Å². The number of benzene rings is 1. The first-order valence-electron chi connectivity index (χ1n) is 8.00. The predicted molar refractivity (Wildman–Crippen MR) is 92.0 cm³/mol. The van der Waals surface area contributed by atoms with Crippen molar-refractivity contribution in [2.24, 2.45) is 0 Å². The molecule has 0 spiro atoms. The molecule has 1 aromatic carbocycles. The third-order valence-electron chi connectivity index (χ3n) is 4.00. The van der Waals surface area contributed by atoms with E-state index < -0.39 is 26.7 Å². The number of carbonyl (C=O) groups excluding carboxylic acids is 1. The Morgan fingerprint density at radius 2 is 1.68 bits per heavy atom. The molecule has 0 radical (unpaired) electrons. The molecule has 0 aliphatic rings. The van der Waals surface area contributed by atoms with Crippen LogP contribution < -0.4 is 0 Å². The molecule has 8 heteroatoms. The molecule has 1 amide bonds. The van der Waals surface area contributed by atoms with Gasteiger partial charge in [-0.15, -0.1) is 5.10 Å². The fraction of sp³-hybridized carbons (Fsp3) is 0.412. The van der Waals surface area contributed by atoms with Gasteiger partial charge in [0.15, 0.2) is 5.82 Å². The smallest absolute Gasteiger partial charge is 0.323 e. The van der Waals surface area contributed by atoms with Gasteiger partial charge in [0.1, 0.15) is 0 Å². The van der Waals surface area contributed by atoms with Crippen LogP contribution >= 0.6 is 0 Å². The first-order valence-corrected chi connectivity index (χ1v) is 9.49. The highest BCUT2D eigenvalue weighted by molar-refractivity contribution is 7.91. The molecule has 0 aliphatic heterocycles. The minimum absolute atomic E-state index is 0.0255. The third-order valence-corrected chi connectivity index (χ3v) is 5.96. The van der Waals surface area contributed by atoms with Gasteiger partial charge in [-0.1, -0.05) is 17.7 Å². The number of carbonyl (C=O) groups is 1. The maximum Gasteiger partial charge on any atom is 0.344 e. The number of hydrogen-bond acceptors (Lipinski definition) is 4. The van der Waals surface area contributed by atoms with Gasteiger partial charge < -0.3 is 4.90 Å². The van der Waals surface area contributed by atoms with Crippen LogP contribution in [0.2, 0.25) is 0 Å². The lowest BCUT2D eigenvalue weighted by Crippen LogP contribution is -2.34. The number of aryl methyl sites for hydroxylation is 3. The monoisotopic (exact) mass is 367 g/mol. The molecule has 0 unspecified atom stereocenters. The van der Waals surface area contributed by atoms with Gasteiger partial charge in [-0.3, -0.25) is 0 Å². The lowest BCUT2D eigenvalue weighted by molar-refractivity contribution is 0.201. The van der Waals surface area contributed by atoms with Crippen molar-refractivity contribution in [1.82, 2.24) is 14.7 Å². The Morgan fingerprint density at radius 3 is 2.16 bits per heavy atom. The minimum Gasteiger partial charge on any atom is -0.323 e. The summed E-state index contributed by atoms with van der Waals surface area (Å²) in [7, 11) is -4.18. The highest BCUT2D eigenvalue weighted by Crippen LogP contribution is 2.28. The van der Waals surface area contributed by atoms with Gasteiger partial charge >= 0.3 is 6.03 Å². The number of sulfone groups is 1. The molecule has 6 nitrogen and oxygen atoms in total. The fourth-order valence-electron chi connectivity index (χ4n) is 2.94. The van der Waals surface area contributed by atoms with Crippen molar-refractivity contribution in [3.63, 3.8) is 0 Å². The van der Waals surface area contributed by atoms with Crippen molar-refractivity contribution >= 4 is 15.9 Å². The zero-order chi connectivity index (χ0) is 18.9. The first kappa shape index (κ1) is 19.1. The van der Waals surface area contributed by atoms with Gasteiger partial charge in [-0.05, 0) is 45.7 Å². The molecule has 0 aliphatic carbocycles. The molecule has 136 valence electrons. The molecule has 1 heterocycles. The summed E-state index contributed by atoms with van der Waals surface area (Å²) in [4.78, 5) is 13.7. The van der Waals surface area contributed by atoms with Gasteiger partial charge in [-0.25, -0.2) is 17.6 Å². The Kier molecular flexibility index (Phi) is 5.31. The van der Waals surface area contributed by atoms with E-state index in [1.165, 1.54) is 4.90 Å². The molecule has 0 saturated heterocycles. The van der Waals surface area contributed by atoms with E-state index in [0.717, 1.165) is 16.4 Å². The van der Waals surface area contributed by atoms with Crippen LogP contribution in [0.15, 0.2) is 28.3 Å². The van der Waals surface area contributed by atoms with Crippen molar-refractivity contribution in [3.8, 4) is 0 Å². The van der Waals surface area contributed by atoms with E-state index in [-0.39, 0.29) is 4.90 Å². The Balaban J connectivity index is 2.58. The van der Waals surface area contributed by atoms with Crippen LogP contribution in [0.5, 0.6) is 0 Å². The zero-order valence-corrected chi connectivity index (χ0v) is 15.8. The molecule has 25 heavy (non-hydrogen) atoms. The second-order valence-corrected chi connectivity index (χ2v) is 7.71. The van der Waals surface area contributed by atoms with Crippen molar-refractivity contribution in [3.05, 3.63) is 40.8 Å². The number of nitrogens with zero attached hydrogens (tertiary/aromatic N) is 3. The molecular weight excluding hydrogens is 345 g/mol. The maximum atomic E-state index is 14.3. The van der Waals surface area contributed by atoms with Crippen LogP contribution in [-0.2, 0) is 9.84 Å². The summed E-state index contributed by atoms with van der Waals surface area (Å²) in [6, 6.07) is 2.87. The lowest BCUT2D eigenvalue weighted by Gasteiger charge is -2.17. The second kappa shape index (κ2) is 6.95. The van der Waals surface area contributed by atoms with Crippen LogP contribution in [0.3, 0.4) is 0 Å². The topological polar surface area (TPSA) is 72.3 Å². The average molecular weight is 367 g/mol. The van der Waals surface area contributed by atoms with Crippen LogP contribution in [0.4, 0.5) is 9.18 Å². The summed E-state index contributed by atoms with van der Waals surface area (Å²) in [5.41, 5.74) is 1.94. The number of aromatic nitrogens is 2. The summed E-state index contributed by atoms with van der Waals surface area (Å²) in [6.45, 7) is 9.54. The lowest BCUT2D eigenvalue weighted by atomic mass is 10.1. The standard InChI is InChI=1S/C17H22FN3O3S/c1-6-20(7-2)17(22)21-10-14(18)16(19-21)25(23,24)15-12(4)8-11(3)9-13(15)5/h8-10H,6-7H2,1-5H3. The predicted octanol–water partition coefficient (Wildman–Crippen LogP) is 3.09. The van der Waals surface area contributed by atoms with E-state index >= 15 is 0 Å². The van der Waals surface area contributed by atoms with E-state index in [9.17, 15) is 17.6 Å². The van der Waals surface area contributed by atoms with E-state index in [4.69, 9.17) is 0 Å². The summed E-state index contributed by atoms with van der Waals surface area (Å²) >= 11 is 0. The Labute approximate surface area is 147 Å². The van der Waals surface area contributed by atoms with E-state index in [2.05, 4.69) is 5.10 Å². The van der Waals surface area contributed by atoms with E-state index in [0.29, 0.717) is 24.2 Å². The molecule has 0 N–H and O–H groups in total. The number of halogens is 1. The number of amides is 1. The summed E-state index contributed by atoms with van der Waals surface area (Å²) < 4.78 is 40.9. The SMILES string of the molecule is CCN(CC)C(=O)n1cc(F)c(S(=O)(=O)c2c(C)cc(C)cc2C)n1. The molecule has 1 aromatic heterocycles. The maximum absolute atomic E-state index is 14.3. The number of hydrogen-bond donors (Lipinski definition) is 0. The average Bonchev–Trinajstić information content (AvgIpc) is 2.89. The number of rotatable bonds is 4. The molecule has 0 atom stereocenters. The van der Waals surface area contributed by atoms with Gasteiger partial charge in [0.2, 0.25) is 14.9 Å². The minimum atomic E-state index is -4.18. The van der Waals surface area contributed by atoms with Crippen LogP contribution in [-0.4, -0.2) is 42.2 Å². The van der Waals surface area contributed by atoms with Gasteiger partial charge in [0.25, 0.3) is 0 Å². The largest absolute Gasteiger partial charge is 0.344 e. The summed E-state index contributed by atoms with van der Waals surface area (Å²) in [6.07, 6.45) is 0.812. The molecular formula is C17H22FN3O3S.